The molecule has 2 N–H and O–H groups in total. The quantitative estimate of drug-likeness (QED) is 0.838. The molecule has 0 aliphatic carbocycles. The van der Waals surface area contributed by atoms with Gasteiger partial charge in [0.2, 0.25) is 5.91 Å². The SMILES string of the molecule is CCC(=O)Nc1sc2c(c1C(=O)NC(=O)OC)CCN(C(=O)OC)C2. The molecule has 0 radical (unpaired) electrons. The van der Waals surface area contributed by atoms with Gasteiger partial charge in [-0.1, -0.05) is 6.92 Å². The first-order chi connectivity index (χ1) is 11.9. The number of nitrogens with one attached hydrogen (secondary N) is 2. The van der Waals surface area contributed by atoms with Crippen LogP contribution >= 0.6 is 11.3 Å². The molecule has 0 unspecified atom stereocenters. The van der Waals surface area contributed by atoms with Gasteiger partial charge in [0.1, 0.15) is 5.00 Å². The number of alkyl carbamates (subject to hydrolysis) is 1. The van der Waals surface area contributed by atoms with E-state index in [-0.39, 0.29) is 24.4 Å². The van der Waals surface area contributed by atoms with Crippen molar-refractivity contribution in [1.29, 1.82) is 0 Å². The van der Waals surface area contributed by atoms with Gasteiger partial charge in [0.15, 0.2) is 0 Å². The second-order valence-corrected chi connectivity index (χ2v) is 6.30. The van der Waals surface area contributed by atoms with Crippen LogP contribution in [0.5, 0.6) is 0 Å². The highest BCUT2D eigenvalue weighted by atomic mass is 32.1. The summed E-state index contributed by atoms with van der Waals surface area (Å²) in [4.78, 5) is 49.5. The highest BCUT2D eigenvalue weighted by Gasteiger charge is 2.31. The van der Waals surface area contributed by atoms with Crippen molar-refractivity contribution in [3.63, 3.8) is 0 Å². The zero-order chi connectivity index (χ0) is 18.6. The molecule has 25 heavy (non-hydrogen) atoms. The molecule has 0 bridgehead atoms. The number of carbonyl (C=O) groups is 4. The van der Waals surface area contributed by atoms with Crippen LogP contribution in [0.4, 0.5) is 14.6 Å². The molecule has 1 aromatic rings. The van der Waals surface area contributed by atoms with Gasteiger partial charge in [-0.25, -0.2) is 9.59 Å². The summed E-state index contributed by atoms with van der Waals surface area (Å²) in [6.07, 6.45) is -0.689. The minimum atomic E-state index is -0.885. The Morgan fingerprint density at radius 1 is 1.20 bits per heavy atom. The summed E-state index contributed by atoms with van der Waals surface area (Å²) in [6, 6.07) is 0. The first-order valence-corrected chi connectivity index (χ1v) is 8.39. The highest BCUT2D eigenvalue weighted by molar-refractivity contribution is 7.17. The molecule has 0 spiro atoms. The Morgan fingerprint density at radius 3 is 2.52 bits per heavy atom. The van der Waals surface area contributed by atoms with Crippen LogP contribution in [0, 0.1) is 0 Å². The lowest BCUT2D eigenvalue weighted by atomic mass is 10.0. The molecule has 1 aromatic heterocycles. The highest BCUT2D eigenvalue weighted by Crippen LogP contribution is 2.37. The van der Waals surface area contributed by atoms with Gasteiger partial charge in [0.05, 0.1) is 26.3 Å². The van der Waals surface area contributed by atoms with Crippen molar-refractivity contribution >= 4 is 40.3 Å². The molecule has 136 valence electrons. The Balaban J connectivity index is 2.37. The number of nitrogens with zero attached hydrogens (tertiary/aromatic N) is 1. The molecule has 0 saturated carbocycles. The maximum Gasteiger partial charge on any atom is 0.413 e. The van der Waals surface area contributed by atoms with Crippen molar-refractivity contribution in [2.45, 2.75) is 26.3 Å². The zero-order valence-corrected chi connectivity index (χ0v) is 14.9. The summed E-state index contributed by atoms with van der Waals surface area (Å²) in [5.41, 5.74) is 0.940. The topological polar surface area (TPSA) is 114 Å². The molecular formula is C15H19N3O6S. The third kappa shape index (κ3) is 4.08. The van der Waals surface area contributed by atoms with Crippen LogP contribution in [0.2, 0.25) is 0 Å². The number of thiophene rings is 1. The Morgan fingerprint density at radius 2 is 1.92 bits per heavy atom. The molecule has 9 nitrogen and oxygen atoms in total. The van der Waals surface area contributed by atoms with Gasteiger partial charge in [-0.15, -0.1) is 11.3 Å². The number of methoxy groups -OCH3 is 2. The van der Waals surface area contributed by atoms with Crippen LogP contribution in [0.25, 0.3) is 0 Å². The fourth-order valence-corrected chi connectivity index (χ4v) is 3.71. The van der Waals surface area contributed by atoms with Crippen LogP contribution in [0.1, 0.15) is 34.1 Å². The Hall–Kier alpha value is -2.62. The predicted octanol–water partition coefficient (Wildman–Crippen LogP) is 1.72. The van der Waals surface area contributed by atoms with Crippen molar-refractivity contribution < 1.29 is 28.7 Å². The van der Waals surface area contributed by atoms with Crippen molar-refractivity contribution in [3.05, 3.63) is 16.0 Å². The molecule has 0 atom stereocenters. The lowest BCUT2D eigenvalue weighted by Gasteiger charge is -2.25. The molecular weight excluding hydrogens is 350 g/mol. The molecule has 4 amide bonds. The summed E-state index contributed by atoms with van der Waals surface area (Å²) in [7, 11) is 2.45. The monoisotopic (exact) mass is 369 g/mol. The number of amides is 4. The lowest BCUT2D eigenvalue weighted by Crippen LogP contribution is -2.36. The summed E-state index contributed by atoms with van der Waals surface area (Å²) in [5.74, 6) is -0.905. The molecule has 2 heterocycles. The minimum absolute atomic E-state index is 0.233. The van der Waals surface area contributed by atoms with E-state index in [0.29, 0.717) is 23.5 Å². The van der Waals surface area contributed by atoms with E-state index in [1.807, 2.05) is 0 Å². The second kappa shape index (κ2) is 7.97. The van der Waals surface area contributed by atoms with Gasteiger partial charge in [-0.3, -0.25) is 14.9 Å². The van der Waals surface area contributed by atoms with Crippen LogP contribution < -0.4 is 10.6 Å². The smallest absolute Gasteiger partial charge is 0.413 e. The van der Waals surface area contributed by atoms with Gasteiger partial charge >= 0.3 is 12.2 Å². The number of rotatable bonds is 3. The van der Waals surface area contributed by atoms with Gasteiger partial charge in [0.25, 0.3) is 5.91 Å². The standard InChI is InChI=1S/C15H19N3O6S/c1-4-10(19)16-13-11(12(20)17-14(21)23-2)8-5-6-18(15(22)24-3)7-9(8)25-13/h4-7H2,1-3H3,(H,16,19)(H,17,20,21). The normalized spacial score (nSPS) is 12.8. The largest absolute Gasteiger partial charge is 0.453 e. The van der Waals surface area contributed by atoms with E-state index < -0.39 is 18.1 Å². The van der Waals surface area contributed by atoms with E-state index in [1.165, 1.54) is 23.3 Å². The second-order valence-electron chi connectivity index (χ2n) is 5.20. The van der Waals surface area contributed by atoms with Crippen molar-refractivity contribution in [2.24, 2.45) is 0 Å². The Labute approximate surface area is 148 Å². The molecule has 1 aliphatic heterocycles. The van der Waals surface area contributed by atoms with Crippen LogP contribution in [0.15, 0.2) is 0 Å². The zero-order valence-electron chi connectivity index (χ0n) is 14.1. The number of hydrogen-bond donors (Lipinski definition) is 2. The van der Waals surface area contributed by atoms with Gasteiger partial charge < -0.3 is 19.7 Å². The van der Waals surface area contributed by atoms with Crippen LogP contribution in [-0.4, -0.2) is 49.7 Å². The fourth-order valence-electron chi connectivity index (χ4n) is 2.44. The van der Waals surface area contributed by atoms with E-state index in [2.05, 4.69) is 15.4 Å². The average molecular weight is 369 g/mol. The number of fused-ring (bicyclic) bond motifs is 1. The van der Waals surface area contributed by atoms with E-state index in [1.54, 1.807) is 6.92 Å². The Bertz CT molecular complexity index is 714. The van der Waals surface area contributed by atoms with E-state index in [9.17, 15) is 19.2 Å². The van der Waals surface area contributed by atoms with Crippen LogP contribution in [0.3, 0.4) is 0 Å². The van der Waals surface area contributed by atoms with E-state index >= 15 is 0 Å². The number of carbonyl (C=O) groups excluding carboxylic acids is 4. The molecule has 0 aromatic carbocycles. The maximum absolute atomic E-state index is 12.4. The number of hydrogen-bond acceptors (Lipinski definition) is 7. The van der Waals surface area contributed by atoms with Crippen molar-refractivity contribution in [1.82, 2.24) is 10.2 Å². The fraction of sp³-hybridized carbons (Fsp3) is 0.467. The van der Waals surface area contributed by atoms with E-state index in [0.717, 1.165) is 12.0 Å². The predicted molar refractivity (Wildman–Crippen MR) is 89.6 cm³/mol. The molecule has 10 heteroatoms. The first-order valence-electron chi connectivity index (χ1n) is 7.57. The third-order valence-electron chi connectivity index (χ3n) is 3.69. The summed E-state index contributed by atoms with van der Waals surface area (Å²) in [5, 5.41) is 5.14. The third-order valence-corrected chi connectivity index (χ3v) is 4.82. The minimum Gasteiger partial charge on any atom is -0.453 e. The summed E-state index contributed by atoms with van der Waals surface area (Å²) < 4.78 is 9.16. The van der Waals surface area contributed by atoms with Crippen molar-refractivity contribution in [3.8, 4) is 0 Å². The molecule has 1 aliphatic rings. The Kier molecular flexibility index (Phi) is 5.97. The van der Waals surface area contributed by atoms with Crippen molar-refractivity contribution in [2.75, 3.05) is 26.1 Å². The first kappa shape index (κ1) is 18.7. The maximum atomic E-state index is 12.4. The van der Waals surface area contributed by atoms with Gasteiger partial charge in [-0.2, -0.15) is 0 Å². The van der Waals surface area contributed by atoms with Crippen LogP contribution in [-0.2, 0) is 27.2 Å². The number of imide groups is 1. The number of anilines is 1. The van der Waals surface area contributed by atoms with Gasteiger partial charge in [-0.05, 0) is 12.0 Å². The van der Waals surface area contributed by atoms with E-state index in [4.69, 9.17) is 4.74 Å². The average Bonchev–Trinajstić information content (AvgIpc) is 2.97. The number of ether oxygens (including phenoxy) is 2. The van der Waals surface area contributed by atoms with Gasteiger partial charge in [0, 0.05) is 17.8 Å². The summed E-state index contributed by atoms with van der Waals surface area (Å²) in [6.45, 7) is 2.33. The molecule has 0 fully saturated rings. The summed E-state index contributed by atoms with van der Waals surface area (Å²) >= 11 is 1.21. The molecule has 0 saturated heterocycles. The lowest BCUT2D eigenvalue weighted by molar-refractivity contribution is -0.115. The molecule has 2 rings (SSSR count).